The minimum Gasteiger partial charge on any atom is -0.258 e. The van der Waals surface area contributed by atoms with E-state index in [0.717, 1.165) is 18.2 Å². The van der Waals surface area contributed by atoms with Gasteiger partial charge in [0.1, 0.15) is 0 Å². The Balaban J connectivity index is 2.96. The van der Waals surface area contributed by atoms with E-state index in [0.29, 0.717) is 4.90 Å². The van der Waals surface area contributed by atoms with Crippen molar-refractivity contribution in [3.8, 4) is 0 Å². The molecule has 17 heavy (non-hydrogen) atoms. The monoisotopic (exact) mass is 274 g/mol. The first-order valence-corrected chi connectivity index (χ1v) is 7.10. The molecule has 1 aromatic rings. The van der Waals surface area contributed by atoms with E-state index in [1.807, 2.05) is 6.92 Å². The topological polar surface area (TPSA) is 86.3 Å². The molecule has 0 aliphatic rings. The number of rotatable bonds is 6. The minimum atomic E-state index is -0.638. The van der Waals surface area contributed by atoms with Crippen LogP contribution in [0, 0.1) is 20.2 Å². The third-order valence-corrected chi connectivity index (χ3v) is 4.40. The molecule has 8 heteroatoms. The fourth-order valence-electron chi connectivity index (χ4n) is 1.02. The van der Waals surface area contributed by atoms with Gasteiger partial charge in [-0.25, -0.2) is 0 Å². The van der Waals surface area contributed by atoms with E-state index in [1.165, 1.54) is 33.7 Å². The number of nitrogens with zero attached hydrogens (tertiary/aromatic N) is 2. The van der Waals surface area contributed by atoms with Gasteiger partial charge in [-0.3, -0.25) is 20.2 Å². The van der Waals surface area contributed by atoms with Gasteiger partial charge in [0.15, 0.2) is 0 Å². The summed E-state index contributed by atoms with van der Waals surface area (Å²) in [5.41, 5.74) is -0.477. The number of nitro benzene ring substituents is 2. The van der Waals surface area contributed by atoms with Crippen molar-refractivity contribution in [1.82, 2.24) is 0 Å². The zero-order valence-corrected chi connectivity index (χ0v) is 10.6. The number of benzene rings is 1. The summed E-state index contributed by atoms with van der Waals surface area (Å²) in [7, 11) is 2.77. The number of non-ortho nitro benzene ring substituents is 1. The summed E-state index contributed by atoms with van der Waals surface area (Å²) >= 11 is 0. The second kappa shape index (κ2) is 6.45. The highest BCUT2D eigenvalue weighted by Gasteiger charge is 2.19. The lowest BCUT2D eigenvalue weighted by molar-refractivity contribution is -0.396. The molecule has 0 saturated heterocycles. The van der Waals surface area contributed by atoms with Gasteiger partial charge in [0.25, 0.3) is 11.4 Å². The standard InChI is InChI=1S/C9H10N2O4S2/c1-2-5-16-17-9-4-3-7(10(12)13)6-8(9)11(14)15/h3-4,6H,2,5H2,1H3. The molecule has 0 aliphatic carbocycles. The van der Waals surface area contributed by atoms with Crippen LogP contribution in [0.15, 0.2) is 23.1 Å². The van der Waals surface area contributed by atoms with Crippen LogP contribution in [0.3, 0.4) is 0 Å². The van der Waals surface area contributed by atoms with Crippen LogP contribution in [0.4, 0.5) is 11.4 Å². The summed E-state index contributed by atoms with van der Waals surface area (Å²) in [6.07, 6.45) is 0.971. The van der Waals surface area contributed by atoms with Crippen molar-refractivity contribution in [1.29, 1.82) is 0 Å². The zero-order valence-electron chi connectivity index (χ0n) is 8.99. The smallest absolute Gasteiger partial charge is 0.258 e. The van der Waals surface area contributed by atoms with Crippen molar-refractivity contribution in [2.45, 2.75) is 18.2 Å². The predicted molar refractivity (Wildman–Crippen MR) is 68.4 cm³/mol. The van der Waals surface area contributed by atoms with Crippen LogP contribution in [-0.4, -0.2) is 15.6 Å². The molecule has 0 heterocycles. The van der Waals surface area contributed by atoms with Crippen molar-refractivity contribution >= 4 is 33.0 Å². The first kappa shape index (κ1) is 13.8. The molecule has 0 aliphatic heterocycles. The van der Waals surface area contributed by atoms with Crippen LogP contribution in [-0.2, 0) is 0 Å². The summed E-state index contributed by atoms with van der Waals surface area (Å²) in [5.74, 6) is 0.874. The second-order valence-corrected chi connectivity index (χ2v) is 5.53. The highest BCUT2D eigenvalue weighted by atomic mass is 33.1. The van der Waals surface area contributed by atoms with Gasteiger partial charge in [-0.2, -0.15) is 0 Å². The van der Waals surface area contributed by atoms with E-state index >= 15 is 0 Å². The van der Waals surface area contributed by atoms with Crippen LogP contribution >= 0.6 is 21.6 Å². The van der Waals surface area contributed by atoms with Gasteiger partial charge in [0.05, 0.1) is 20.8 Å². The van der Waals surface area contributed by atoms with Crippen LogP contribution in [0.2, 0.25) is 0 Å². The highest BCUT2D eigenvalue weighted by Crippen LogP contribution is 2.39. The molecule has 0 unspecified atom stereocenters. The second-order valence-electron chi connectivity index (χ2n) is 3.07. The molecule has 0 radical (unpaired) electrons. The Kier molecular flexibility index (Phi) is 5.23. The summed E-state index contributed by atoms with van der Waals surface area (Å²) in [5, 5.41) is 21.3. The van der Waals surface area contributed by atoms with E-state index in [4.69, 9.17) is 0 Å². The van der Waals surface area contributed by atoms with Crippen LogP contribution < -0.4 is 0 Å². The molecular weight excluding hydrogens is 264 g/mol. The molecule has 0 amide bonds. The van der Waals surface area contributed by atoms with Gasteiger partial charge in [-0.15, -0.1) is 0 Å². The Morgan fingerprint density at radius 1 is 1.24 bits per heavy atom. The fourth-order valence-corrected chi connectivity index (χ4v) is 3.29. The van der Waals surface area contributed by atoms with Crippen molar-refractivity contribution in [3.05, 3.63) is 38.4 Å². The van der Waals surface area contributed by atoms with Gasteiger partial charge in [0.2, 0.25) is 0 Å². The molecule has 1 aromatic carbocycles. The Hall–Kier alpha value is -1.28. The van der Waals surface area contributed by atoms with E-state index in [2.05, 4.69) is 0 Å². The summed E-state index contributed by atoms with van der Waals surface area (Å²) in [4.78, 5) is 20.5. The number of hydrogen-bond acceptors (Lipinski definition) is 6. The van der Waals surface area contributed by atoms with Crippen molar-refractivity contribution < 1.29 is 9.85 Å². The van der Waals surface area contributed by atoms with E-state index < -0.39 is 9.85 Å². The Morgan fingerprint density at radius 2 is 1.94 bits per heavy atom. The molecule has 1 rings (SSSR count). The molecule has 0 N–H and O–H groups in total. The van der Waals surface area contributed by atoms with E-state index in [-0.39, 0.29) is 11.4 Å². The molecule has 6 nitrogen and oxygen atoms in total. The third kappa shape index (κ3) is 3.90. The summed E-state index contributed by atoms with van der Waals surface area (Å²) < 4.78 is 0. The lowest BCUT2D eigenvalue weighted by Gasteiger charge is -2.01. The van der Waals surface area contributed by atoms with Crippen LogP contribution in [0.1, 0.15) is 13.3 Å². The maximum atomic E-state index is 10.8. The maximum Gasteiger partial charge on any atom is 0.290 e. The normalized spacial score (nSPS) is 10.2. The SMILES string of the molecule is CCCSSc1ccc([N+](=O)[O-])cc1[N+](=O)[O-]. The average molecular weight is 274 g/mol. The van der Waals surface area contributed by atoms with Crippen molar-refractivity contribution in [2.24, 2.45) is 0 Å². The van der Waals surface area contributed by atoms with Gasteiger partial charge >= 0.3 is 0 Å². The molecule has 0 spiro atoms. The van der Waals surface area contributed by atoms with E-state index in [1.54, 1.807) is 0 Å². The predicted octanol–water partition coefficient (Wildman–Crippen LogP) is 3.65. The first-order valence-electron chi connectivity index (χ1n) is 4.78. The maximum absolute atomic E-state index is 10.8. The molecule has 0 fully saturated rings. The van der Waals surface area contributed by atoms with Crippen molar-refractivity contribution in [3.63, 3.8) is 0 Å². The van der Waals surface area contributed by atoms with Gasteiger partial charge in [-0.05, 0) is 12.5 Å². The molecule has 0 atom stereocenters. The average Bonchev–Trinajstić information content (AvgIpc) is 2.29. The third-order valence-electron chi connectivity index (χ3n) is 1.79. The van der Waals surface area contributed by atoms with Gasteiger partial charge < -0.3 is 0 Å². The first-order chi connectivity index (χ1) is 8.06. The zero-order chi connectivity index (χ0) is 12.8. The van der Waals surface area contributed by atoms with Crippen molar-refractivity contribution in [2.75, 3.05) is 5.75 Å². The summed E-state index contributed by atoms with van der Waals surface area (Å²) in [6.45, 7) is 2.01. The lowest BCUT2D eigenvalue weighted by atomic mass is 10.3. The Morgan fingerprint density at radius 3 is 2.47 bits per heavy atom. The molecular formula is C9H10N2O4S2. The molecule has 0 bridgehead atoms. The highest BCUT2D eigenvalue weighted by molar-refractivity contribution is 8.76. The molecule has 0 aromatic heterocycles. The van der Waals surface area contributed by atoms with Crippen LogP contribution in [0.5, 0.6) is 0 Å². The Labute approximate surface area is 105 Å². The Bertz CT molecular complexity index is 439. The molecule has 92 valence electrons. The number of hydrogen-bond donors (Lipinski definition) is 0. The van der Waals surface area contributed by atoms with Gasteiger partial charge in [0, 0.05) is 11.8 Å². The molecule has 0 saturated carbocycles. The van der Waals surface area contributed by atoms with Crippen LogP contribution in [0.25, 0.3) is 0 Å². The summed E-state index contributed by atoms with van der Waals surface area (Å²) in [6, 6.07) is 3.69. The lowest BCUT2D eigenvalue weighted by Crippen LogP contribution is -1.94. The van der Waals surface area contributed by atoms with E-state index in [9.17, 15) is 20.2 Å². The van der Waals surface area contributed by atoms with Gasteiger partial charge in [-0.1, -0.05) is 28.5 Å². The fraction of sp³-hybridized carbons (Fsp3) is 0.333. The number of nitro groups is 2. The largest absolute Gasteiger partial charge is 0.290 e. The minimum absolute atomic E-state index is 0.215. The quantitative estimate of drug-likeness (QED) is 0.340.